The van der Waals surface area contributed by atoms with E-state index in [0.717, 1.165) is 0 Å². The average Bonchev–Trinajstić information content (AvgIpc) is 1.88. The highest BCUT2D eigenvalue weighted by atomic mass is 79.9. The van der Waals surface area contributed by atoms with Gasteiger partial charge in [0.2, 0.25) is 0 Å². The average molecular weight is 221 g/mol. The molecule has 0 unspecified atom stereocenters. The van der Waals surface area contributed by atoms with E-state index in [-0.39, 0.29) is 5.82 Å². The van der Waals surface area contributed by atoms with Gasteiger partial charge in [0.15, 0.2) is 0 Å². The number of halogens is 2. The molecular weight excluding hydrogens is 215 g/mol. The Morgan fingerprint density at radius 2 is 2.20 bits per heavy atom. The van der Waals surface area contributed by atoms with Gasteiger partial charge in [0.05, 0.1) is 0 Å². The van der Waals surface area contributed by atoms with Crippen molar-refractivity contribution in [1.82, 2.24) is 0 Å². The smallest absolute Gasteiger partial charge is 0.128 e. The van der Waals surface area contributed by atoms with E-state index in [1.807, 2.05) is 0 Å². The Morgan fingerprint density at radius 3 is 2.70 bits per heavy atom. The first-order chi connectivity index (χ1) is 4.74. The summed E-state index contributed by atoms with van der Waals surface area (Å²) in [6, 6.07) is 4.88. The molecule has 54 valence electrons. The molecule has 0 N–H and O–H groups in total. The second-order valence-corrected chi connectivity index (χ2v) is 2.99. The van der Waals surface area contributed by atoms with Crippen LogP contribution >= 0.6 is 28.6 Å². The zero-order valence-electron chi connectivity index (χ0n) is 5.14. The maximum absolute atomic E-state index is 12.8. The van der Waals surface area contributed by atoms with Gasteiger partial charge in [-0.05, 0) is 17.7 Å². The van der Waals surface area contributed by atoms with Crippen LogP contribution in [0.1, 0.15) is 5.56 Å². The fourth-order valence-electron chi connectivity index (χ4n) is 0.645. The summed E-state index contributed by atoms with van der Waals surface area (Å²) in [4.78, 5) is 0.655. The monoisotopic (exact) mass is 220 g/mol. The fraction of sp³-hybridized carbons (Fsp3) is 0.143. The first-order valence-corrected chi connectivity index (χ1v) is 4.34. The molecule has 0 atom stereocenters. The van der Waals surface area contributed by atoms with Crippen molar-refractivity contribution in [1.29, 1.82) is 0 Å². The molecule has 0 radical (unpaired) electrons. The molecule has 1 aromatic carbocycles. The van der Waals surface area contributed by atoms with E-state index in [1.54, 1.807) is 12.1 Å². The molecule has 0 amide bonds. The molecule has 0 heterocycles. The van der Waals surface area contributed by atoms with Gasteiger partial charge in [-0.3, -0.25) is 0 Å². The Labute approximate surface area is 73.0 Å². The van der Waals surface area contributed by atoms with Gasteiger partial charge in [-0.2, -0.15) is 0 Å². The third kappa shape index (κ3) is 1.73. The third-order valence-electron chi connectivity index (χ3n) is 1.18. The Kier molecular flexibility index (Phi) is 2.74. The highest BCUT2D eigenvalue weighted by molar-refractivity contribution is 9.08. The van der Waals surface area contributed by atoms with Gasteiger partial charge in [0, 0.05) is 10.2 Å². The SMILES string of the molecule is Fc1cc(S)ccc1CBr. The van der Waals surface area contributed by atoms with Crippen LogP contribution in [0.2, 0.25) is 0 Å². The number of benzene rings is 1. The Morgan fingerprint density at radius 1 is 1.50 bits per heavy atom. The summed E-state index contributed by atoms with van der Waals surface area (Å²) < 4.78 is 12.8. The van der Waals surface area contributed by atoms with Crippen LogP contribution in [0.15, 0.2) is 23.1 Å². The summed E-state index contributed by atoms with van der Waals surface area (Å²) in [5, 5.41) is 0.549. The van der Waals surface area contributed by atoms with E-state index >= 15 is 0 Å². The topological polar surface area (TPSA) is 0 Å². The molecule has 1 aromatic rings. The maximum Gasteiger partial charge on any atom is 0.128 e. The van der Waals surface area contributed by atoms with Crippen LogP contribution in [0, 0.1) is 5.82 Å². The highest BCUT2D eigenvalue weighted by Gasteiger charge is 1.98. The molecule has 0 fully saturated rings. The molecule has 0 saturated heterocycles. The van der Waals surface area contributed by atoms with Crippen molar-refractivity contribution in [3.8, 4) is 0 Å². The number of hydrogen-bond donors (Lipinski definition) is 1. The molecule has 0 saturated carbocycles. The second kappa shape index (κ2) is 3.39. The van der Waals surface area contributed by atoms with Gasteiger partial charge in [-0.1, -0.05) is 22.0 Å². The fourth-order valence-corrected chi connectivity index (χ4v) is 1.29. The van der Waals surface area contributed by atoms with Crippen molar-refractivity contribution in [3.63, 3.8) is 0 Å². The first kappa shape index (κ1) is 8.08. The summed E-state index contributed by atoms with van der Waals surface area (Å²) in [6.45, 7) is 0. The largest absolute Gasteiger partial charge is 0.207 e. The highest BCUT2D eigenvalue weighted by Crippen LogP contribution is 2.15. The van der Waals surface area contributed by atoms with E-state index in [2.05, 4.69) is 28.6 Å². The van der Waals surface area contributed by atoms with Crippen molar-refractivity contribution >= 4 is 28.6 Å². The summed E-state index contributed by atoms with van der Waals surface area (Å²) in [5.41, 5.74) is 0.665. The quantitative estimate of drug-likeness (QED) is 0.547. The van der Waals surface area contributed by atoms with E-state index in [0.29, 0.717) is 15.8 Å². The number of alkyl halides is 1. The van der Waals surface area contributed by atoms with E-state index in [9.17, 15) is 4.39 Å². The van der Waals surface area contributed by atoms with Crippen molar-refractivity contribution in [2.24, 2.45) is 0 Å². The van der Waals surface area contributed by atoms with Gasteiger partial charge in [0.25, 0.3) is 0 Å². The van der Waals surface area contributed by atoms with E-state index < -0.39 is 0 Å². The molecule has 1 rings (SSSR count). The molecule has 0 spiro atoms. The molecular formula is C7H6BrFS. The van der Waals surface area contributed by atoms with Crippen molar-refractivity contribution in [2.45, 2.75) is 10.2 Å². The number of thiol groups is 1. The molecule has 3 heteroatoms. The van der Waals surface area contributed by atoms with Gasteiger partial charge < -0.3 is 0 Å². The minimum absolute atomic E-state index is 0.204. The molecule has 10 heavy (non-hydrogen) atoms. The Balaban J connectivity index is 3.07. The maximum atomic E-state index is 12.8. The third-order valence-corrected chi connectivity index (χ3v) is 2.06. The minimum Gasteiger partial charge on any atom is -0.207 e. The van der Waals surface area contributed by atoms with E-state index in [4.69, 9.17) is 0 Å². The summed E-state index contributed by atoms with van der Waals surface area (Å²) in [6.07, 6.45) is 0. The van der Waals surface area contributed by atoms with Crippen LogP contribution in [-0.4, -0.2) is 0 Å². The standard InChI is InChI=1S/C7H6BrFS/c8-4-5-1-2-6(10)3-7(5)9/h1-3,10H,4H2. The van der Waals surface area contributed by atoms with Crippen molar-refractivity contribution < 1.29 is 4.39 Å². The normalized spacial score (nSPS) is 9.90. The lowest BCUT2D eigenvalue weighted by Gasteiger charge is -1.97. The van der Waals surface area contributed by atoms with E-state index in [1.165, 1.54) is 6.07 Å². The van der Waals surface area contributed by atoms with Gasteiger partial charge in [-0.25, -0.2) is 4.39 Å². The van der Waals surface area contributed by atoms with Crippen LogP contribution in [0.4, 0.5) is 4.39 Å². The van der Waals surface area contributed by atoms with Crippen molar-refractivity contribution in [3.05, 3.63) is 29.6 Å². The zero-order chi connectivity index (χ0) is 7.56. The zero-order valence-corrected chi connectivity index (χ0v) is 7.62. The van der Waals surface area contributed by atoms with Gasteiger partial charge in [-0.15, -0.1) is 12.6 Å². The molecule has 0 aliphatic rings. The van der Waals surface area contributed by atoms with Crippen LogP contribution in [0.5, 0.6) is 0 Å². The summed E-state index contributed by atoms with van der Waals surface area (Å²) in [7, 11) is 0. The van der Waals surface area contributed by atoms with Gasteiger partial charge >= 0.3 is 0 Å². The first-order valence-electron chi connectivity index (χ1n) is 2.77. The second-order valence-electron chi connectivity index (χ2n) is 1.91. The predicted molar refractivity (Wildman–Crippen MR) is 46.3 cm³/mol. The van der Waals surface area contributed by atoms with Crippen molar-refractivity contribution in [2.75, 3.05) is 0 Å². The molecule has 0 nitrogen and oxygen atoms in total. The lowest BCUT2D eigenvalue weighted by molar-refractivity contribution is 0.614. The summed E-state index contributed by atoms with van der Waals surface area (Å²) >= 11 is 7.15. The Hall–Kier alpha value is -0.0200. The molecule has 0 aliphatic carbocycles. The molecule has 0 aliphatic heterocycles. The Bertz CT molecular complexity index is 237. The molecule has 0 aromatic heterocycles. The number of hydrogen-bond acceptors (Lipinski definition) is 1. The van der Waals surface area contributed by atoms with Crippen LogP contribution < -0.4 is 0 Å². The lowest BCUT2D eigenvalue weighted by atomic mass is 10.2. The van der Waals surface area contributed by atoms with Crippen LogP contribution in [0.3, 0.4) is 0 Å². The summed E-state index contributed by atoms with van der Waals surface area (Å²) in [5.74, 6) is -0.204. The predicted octanol–water partition coefficient (Wildman–Crippen LogP) is 3.01. The molecule has 0 bridgehead atoms. The van der Waals surface area contributed by atoms with Crippen LogP contribution in [0.25, 0.3) is 0 Å². The van der Waals surface area contributed by atoms with Gasteiger partial charge in [0.1, 0.15) is 5.82 Å². The minimum atomic E-state index is -0.204. The number of rotatable bonds is 1. The lowest BCUT2D eigenvalue weighted by Crippen LogP contribution is -1.83. The van der Waals surface area contributed by atoms with Crippen LogP contribution in [-0.2, 0) is 5.33 Å².